The second kappa shape index (κ2) is 8.07. The van der Waals surface area contributed by atoms with E-state index in [4.69, 9.17) is 10.5 Å². The van der Waals surface area contributed by atoms with Gasteiger partial charge in [-0.15, -0.1) is 0 Å². The van der Waals surface area contributed by atoms with Crippen LogP contribution in [0.25, 0.3) is 0 Å². The molecule has 0 saturated carbocycles. The highest BCUT2D eigenvalue weighted by Gasteiger charge is 2.46. The summed E-state index contributed by atoms with van der Waals surface area (Å²) in [6.45, 7) is 2.16. The monoisotopic (exact) mass is 425 g/mol. The number of halogens is 3. The Balaban J connectivity index is 1.69. The number of aliphatic imine (C=N–C) groups is 1. The van der Waals surface area contributed by atoms with E-state index < -0.39 is 30.5 Å². The van der Waals surface area contributed by atoms with Gasteiger partial charge in [-0.25, -0.2) is 4.98 Å². The minimum absolute atomic E-state index is 0.0832. The molecule has 2 atom stereocenters. The smallest absolute Gasteiger partial charge is 0.422 e. The molecule has 8 nitrogen and oxygen atoms in total. The molecule has 0 fully saturated rings. The zero-order valence-corrected chi connectivity index (χ0v) is 16.4. The van der Waals surface area contributed by atoms with Crippen LogP contribution in [0.3, 0.4) is 0 Å². The molecule has 30 heavy (non-hydrogen) atoms. The van der Waals surface area contributed by atoms with Crippen LogP contribution >= 0.6 is 0 Å². The minimum atomic E-state index is -4.44. The Labute approximate surface area is 170 Å². The number of nitrogens with one attached hydrogen (secondary N) is 1. The molecule has 1 aromatic heterocycles. The first-order chi connectivity index (χ1) is 14.0. The van der Waals surface area contributed by atoms with E-state index in [0.717, 1.165) is 0 Å². The Morgan fingerprint density at radius 2 is 2.20 bits per heavy atom. The van der Waals surface area contributed by atoms with E-state index in [0.29, 0.717) is 23.2 Å². The van der Waals surface area contributed by atoms with Crippen LogP contribution in [0.15, 0.2) is 41.3 Å². The molecular formula is C19H22F3N5O3. The van der Waals surface area contributed by atoms with Crippen molar-refractivity contribution in [1.29, 1.82) is 0 Å². The van der Waals surface area contributed by atoms with Crippen LogP contribution in [0.4, 0.5) is 13.2 Å². The highest BCUT2D eigenvalue weighted by molar-refractivity contribution is 6.46. The maximum absolute atomic E-state index is 12.3. The molecule has 1 amide bonds. The van der Waals surface area contributed by atoms with Gasteiger partial charge >= 0.3 is 6.18 Å². The average molecular weight is 425 g/mol. The third-order valence-corrected chi connectivity index (χ3v) is 4.56. The molecule has 3 rings (SSSR count). The van der Waals surface area contributed by atoms with E-state index in [1.165, 1.54) is 12.4 Å². The quantitative estimate of drug-likeness (QED) is 0.604. The lowest BCUT2D eigenvalue weighted by Crippen LogP contribution is -2.63. The number of carbonyl (C=O) groups excluding carboxylic acids is 1. The van der Waals surface area contributed by atoms with Crippen LogP contribution in [0, 0.1) is 6.92 Å². The Morgan fingerprint density at radius 1 is 1.47 bits per heavy atom. The zero-order chi connectivity index (χ0) is 22.1. The molecule has 0 radical (unpaired) electrons. The standard InChI is InChI=1S/C19H22F3N5O3/c1-11-5-13(7-26-17(11)30-10-19(20,21)22)8-27-9-14-15(16(29)25-6-12(2)28)24-4-3-18(14,27)23/h3-5,7,9,12,28H,6,8,10,23H2,1-2H3,(H,25,29)/t12-,18+/m0/s1. The summed E-state index contributed by atoms with van der Waals surface area (Å²) >= 11 is 0. The summed E-state index contributed by atoms with van der Waals surface area (Å²) in [6.07, 6.45) is 1.07. The first-order valence-corrected chi connectivity index (χ1v) is 9.15. The van der Waals surface area contributed by atoms with Gasteiger partial charge in [0.1, 0.15) is 11.4 Å². The largest absolute Gasteiger partial charge is 0.468 e. The predicted molar refractivity (Wildman–Crippen MR) is 102 cm³/mol. The topological polar surface area (TPSA) is 113 Å². The number of ether oxygens (including phenoxy) is 1. The van der Waals surface area contributed by atoms with Gasteiger partial charge in [0.25, 0.3) is 5.91 Å². The maximum Gasteiger partial charge on any atom is 0.422 e. The molecule has 0 aliphatic carbocycles. The number of aromatic nitrogens is 1. The van der Waals surface area contributed by atoms with Gasteiger partial charge in [-0.1, -0.05) is 0 Å². The van der Waals surface area contributed by atoms with E-state index in [-0.39, 0.29) is 18.1 Å². The molecule has 162 valence electrons. The van der Waals surface area contributed by atoms with E-state index in [9.17, 15) is 23.1 Å². The Hall–Kier alpha value is -2.92. The number of alkyl halides is 3. The molecule has 11 heteroatoms. The number of pyridine rings is 1. The van der Waals surface area contributed by atoms with Crippen molar-refractivity contribution < 1.29 is 27.8 Å². The maximum atomic E-state index is 12.3. The number of nitrogens with two attached hydrogens (primary N) is 1. The van der Waals surface area contributed by atoms with Crippen molar-refractivity contribution in [3.8, 4) is 5.88 Å². The van der Waals surface area contributed by atoms with E-state index >= 15 is 0 Å². The molecular weight excluding hydrogens is 403 g/mol. The molecule has 1 aromatic rings. The normalized spacial score (nSPS) is 21.2. The fourth-order valence-corrected chi connectivity index (χ4v) is 3.07. The highest BCUT2D eigenvalue weighted by atomic mass is 19.4. The number of nitrogens with zero attached hydrogens (tertiary/aromatic N) is 3. The van der Waals surface area contributed by atoms with Crippen molar-refractivity contribution in [3.05, 3.63) is 47.4 Å². The van der Waals surface area contributed by atoms with Gasteiger partial charge in [-0.3, -0.25) is 9.79 Å². The number of carbonyl (C=O) groups is 1. The lowest BCUT2D eigenvalue weighted by molar-refractivity contribution is -0.154. The van der Waals surface area contributed by atoms with Gasteiger partial charge in [0.15, 0.2) is 6.61 Å². The second-order valence-corrected chi connectivity index (χ2v) is 7.22. The van der Waals surface area contributed by atoms with Crippen LogP contribution in [-0.2, 0) is 11.3 Å². The number of hydrogen-bond donors (Lipinski definition) is 3. The highest BCUT2D eigenvalue weighted by Crippen LogP contribution is 2.36. The summed E-state index contributed by atoms with van der Waals surface area (Å²) < 4.78 is 41.7. The van der Waals surface area contributed by atoms with Crippen molar-refractivity contribution in [2.24, 2.45) is 10.7 Å². The number of fused-ring (bicyclic) bond motifs is 1. The van der Waals surface area contributed by atoms with Gasteiger partial charge in [-0.2, -0.15) is 13.2 Å². The average Bonchev–Trinajstić information content (AvgIpc) is 2.65. The van der Waals surface area contributed by atoms with Crippen LogP contribution in [-0.4, -0.2) is 57.7 Å². The van der Waals surface area contributed by atoms with Crippen molar-refractivity contribution in [2.45, 2.75) is 38.3 Å². The van der Waals surface area contributed by atoms with Crippen molar-refractivity contribution >= 4 is 11.6 Å². The molecule has 2 aliphatic rings. The van der Waals surface area contributed by atoms with E-state index in [2.05, 4.69) is 15.3 Å². The number of aryl methyl sites for hydroxylation is 1. The van der Waals surface area contributed by atoms with Gasteiger partial charge in [0, 0.05) is 42.8 Å². The molecule has 0 saturated heterocycles. The van der Waals surface area contributed by atoms with E-state index in [1.807, 2.05) is 0 Å². The first-order valence-electron chi connectivity index (χ1n) is 9.15. The lowest BCUT2D eigenvalue weighted by atomic mass is 9.85. The molecule has 0 spiro atoms. The SMILES string of the molecule is Cc1cc(CN2C=C3C(C(=O)NC[C@H](C)O)=NC=C[C@]32N)cnc1OCC(F)(F)F. The third-order valence-electron chi connectivity index (χ3n) is 4.56. The third kappa shape index (κ3) is 4.62. The fourth-order valence-electron chi connectivity index (χ4n) is 3.07. The molecule has 2 aliphatic heterocycles. The Bertz CT molecular complexity index is 926. The second-order valence-electron chi connectivity index (χ2n) is 7.22. The Morgan fingerprint density at radius 3 is 2.83 bits per heavy atom. The lowest BCUT2D eigenvalue weighted by Gasteiger charge is -2.49. The van der Waals surface area contributed by atoms with Gasteiger partial charge in [-0.05, 0) is 31.6 Å². The van der Waals surface area contributed by atoms with Gasteiger partial charge in [0.05, 0.1) is 6.10 Å². The summed E-state index contributed by atoms with van der Waals surface area (Å²) in [5, 5.41) is 11.9. The molecule has 3 heterocycles. The summed E-state index contributed by atoms with van der Waals surface area (Å²) in [6, 6.07) is 1.67. The zero-order valence-electron chi connectivity index (χ0n) is 16.4. The first kappa shape index (κ1) is 21.8. The van der Waals surface area contributed by atoms with Gasteiger partial charge < -0.3 is 25.8 Å². The summed E-state index contributed by atoms with van der Waals surface area (Å²) in [5.74, 6) is -0.523. The number of rotatable bonds is 7. The van der Waals surface area contributed by atoms with Crippen molar-refractivity contribution in [2.75, 3.05) is 13.2 Å². The fraction of sp³-hybridized carbons (Fsp3) is 0.421. The number of hydrogen-bond acceptors (Lipinski definition) is 7. The molecule has 0 unspecified atom stereocenters. The van der Waals surface area contributed by atoms with Crippen LogP contribution in [0.1, 0.15) is 18.1 Å². The molecule has 0 bridgehead atoms. The summed E-state index contributed by atoms with van der Waals surface area (Å²) in [5.41, 5.74) is 7.27. The van der Waals surface area contributed by atoms with Gasteiger partial charge in [0.2, 0.25) is 5.88 Å². The van der Waals surface area contributed by atoms with Crippen LogP contribution in [0.2, 0.25) is 0 Å². The van der Waals surface area contributed by atoms with Crippen LogP contribution < -0.4 is 15.8 Å². The molecule has 4 N–H and O–H groups in total. The molecule has 0 aromatic carbocycles. The van der Waals surface area contributed by atoms with Crippen molar-refractivity contribution in [3.63, 3.8) is 0 Å². The number of aliphatic hydroxyl groups excluding tert-OH is 1. The number of aliphatic hydroxyl groups is 1. The van der Waals surface area contributed by atoms with Crippen LogP contribution in [0.5, 0.6) is 5.88 Å². The summed E-state index contributed by atoms with van der Waals surface area (Å²) in [4.78, 5) is 22.1. The Kier molecular flexibility index (Phi) is 5.86. The van der Waals surface area contributed by atoms with E-state index in [1.54, 1.807) is 37.1 Å². The summed E-state index contributed by atoms with van der Waals surface area (Å²) in [7, 11) is 0. The number of amides is 1. The minimum Gasteiger partial charge on any atom is -0.468 e. The van der Waals surface area contributed by atoms with Crippen molar-refractivity contribution in [1.82, 2.24) is 15.2 Å². The predicted octanol–water partition coefficient (Wildman–Crippen LogP) is 1.15.